The molecule has 1 aromatic carbocycles. The predicted molar refractivity (Wildman–Crippen MR) is 97.2 cm³/mol. The van der Waals surface area contributed by atoms with Crippen molar-refractivity contribution in [1.29, 1.82) is 0 Å². The SMILES string of the molecule is CC1=C(C)C2C(c3ccc(C)cc3)=NCC3NNC(C)N3C2S1. The van der Waals surface area contributed by atoms with E-state index in [1.807, 2.05) is 11.8 Å². The van der Waals surface area contributed by atoms with E-state index in [9.17, 15) is 0 Å². The summed E-state index contributed by atoms with van der Waals surface area (Å²) in [6, 6.07) is 8.83. The number of nitrogens with one attached hydrogen (secondary N) is 2. The molecule has 5 heteroatoms. The van der Waals surface area contributed by atoms with Crippen molar-refractivity contribution in [1.82, 2.24) is 15.8 Å². The Morgan fingerprint density at radius 3 is 2.61 bits per heavy atom. The van der Waals surface area contributed by atoms with Crippen molar-refractivity contribution >= 4 is 17.5 Å². The number of nitrogens with zero attached hydrogens (tertiary/aromatic N) is 2. The molecule has 122 valence electrons. The first-order valence-electron chi connectivity index (χ1n) is 8.30. The van der Waals surface area contributed by atoms with Crippen molar-refractivity contribution in [3.05, 3.63) is 45.9 Å². The fraction of sp³-hybridized carbons (Fsp3) is 0.500. The van der Waals surface area contributed by atoms with Crippen molar-refractivity contribution in [3.8, 4) is 0 Å². The second-order valence-corrected chi connectivity index (χ2v) is 8.08. The quantitative estimate of drug-likeness (QED) is 0.832. The summed E-state index contributed by atoms with van der Waals surface area (Å²) in [5, 5.41) is 0.417. The molecule has 0 aromatic heterocycles. The van der Waals surface area contributed by atoms with E-state index >= 15 is 0 Å². The van der Waals surface area contributed by atoms with Gasteiger partial charge in [-0.1, -0.05) is 35.4 Å². The Labute approximate surface area is 142 Å². The van der Waals surface area contributed by atoms with E-state index < -0.39 is 0 Å². The first-order valence-corrected chi connectivity index (χ1v) is 9.18. The van der Waals surface area contributed by atoms with Gasteiger partial charge in [0, 0.05) is 5.92 Å². The number of hydrazine groups is 1. The normalized spacial score (nSPS) is 34.2. The molecule has 0 radical (unpaired) electrons. The van der Waals surface area contributed by atoms with Crippen molar-refractivity contribution in [2.45, 2.75) is 45.4 Å². The minimum Gasteiger partial charge on any atom is -0.285 e. The lowest BCUT2D eigenvalue weighted by molar-refractivity contribution is 0.176. The van der Waals surface area contributed by atoms with Gasteiger partial charge in [0.25, 0.3) is 0 Å². The van der Waals surface area contributed by atoms with E-state index in [1.165, 1.54) is 27.3 Å². The van der Waals surface area contributed by atoms with Gasteiger partial charge >= 0.3 is 0 Å². The molecule has 4 unspecified atom stereocenters. The zero-order valence-electron chi connectivity index (χ0n) is 14.1. The second-order valence-electron chi connectivity index (χ2n) is 6.74. The molecule has 0 spiro atoms. The Balaban J connectivity index is 1.79. The number of aliphatic imine (C=N–C) groups is 1. The number of benzene rings is 1. The molecule has 3 heterocycles. The Morgan fingerprint density at radius 1 is 1.13 bits per heavy atom. The first kappa shape index (κ1) is 15.4. The summed E-state index contributed by atoms with van der Waals surface area (Å²) in [6.45, 7) is 9.68. The maximum absolute atomic E-state index is 5.05. The molecule has 4 atom stereocenters. The fourth-order valence-electron chi connectivity index (χ4n) is 3.80. The van der Waals surface area contributed by atoms with Gasteiger partial charge < -0.3 is 0 Å². The standard InChI is InChI=1S/C18H24N4S/c1-10-5-7-14(8-6-10)17-16-11(2)12(3)23-18(16)22-13(4)20-21-15(22)9-19-17/h5-8,13,15-16,18,20-21H,9H2,1-4H3. The summed E-state index contributed by atoms with van der Waals surface area (Å²) in [6.07, 6.45) is 0.595. The molecule has 1 saturated heterocycles. The number of aryl methyl sites for hydroxylation is 1. The Bertz CT molecular complexity index is 679. The first-order chi connectivity index (χ1) is 11.1. The van der Waals surface area contributed by atoms with Gasteiger partial charge in [0.15, 0.2) is 0 Å². The van der Waals surface area contributed by atoms with Gasteiger partial charge in [0.05, 0.1) is 30.0 Å². The van der Waals surface area contributed by atoms with Crippen LogP contribution in [0.1, 0.15) is 31.9 Å². The number of hydrogen-bond acceptors (Lipinski definition) is 5. The van der Waals surface area contributed by atoms with Crippen molar-refractivity contribution < 1.29 is 0 Å². The van der Waals surface area contributed by atoms with Gasteiger partial charge in [0.2, 0.25) is 0 Å². The number of hydrogen-bond donors (Lipinski definition) is 2. The van der Waals surface area contributed by atoms with Crippen LogP contribution in [0.15, 0.2) is 39.7 Å². The smallest absolute Gasteiger partial charge is 0.0949 e. The van der Waals surface area contributed by atoms with Gasteiger partial charge in [-0.3, -0.25) is 9.89 Å². The fourth-order valence-corrected chi connectivity index (χ4v) is 5.40. The summed E-state index contributed by atoms with van der Waals surface area (Å²) >= 11 is 2.00. The second kappa shape index (κ2) is 5.74. The minimum absolute atomic E-state index is 0.270. The number of thioether (sulfide) groups is 1. The lowest BCUT2D eigenvalue weighted by Crippen LogP contribution is -2.47. The molecule has 23 heavy (non-hydrogen) atoms. The molecular formula is C18H24N4S. The Kier molecular flexibility index (Phi) is 3.84. The van der Waals surface area contributed by atoms with Crippen molar-refractivity contribution in [2.24, 2.45) is 10.9 Å². The van der Waals surface area contributed by atoms with E-state index in [0.717, 1.165) is 6.54 Å². The molecule has 0 amide bonds. The molecule has 3 aliphatic heterocycles. The highest BCUT2D eigenvalue weighted by atomic mass is 32.2. The lowest BCUT2D eigenvalue weighted by Gasteiger charge is -2.33. The van der Waals surface area contributed by atoms with Crippen LogP contribution in [0, 0.1) is 12.8 Å². The summed E-state index contributed by atoms with van der Waals surface area (Å²) < 4.78 is 0. The summed E-state index contributed by atoms with van der Waals surface area (Å²) in [4.78, 5) is 9.05. The van der Waals surface area contributed by atoms with E-state index in [0.29, 0.717) is 17.5 Å². The predicted octanol–water partition coefficient (Wildman–Crippen LogP) is 2.86. The molecule has 3 aliphatic rings. The number of rotatable bonds is 1. The van der Waals surface area contributed by atoms with E-state index in [-0.39, 0.29) is 6.17 Å². The van der Waals surface area contributed by atoms with Crippen LogP contribution in [-0.4, -0.2) is 34.9 Å². The van der Waals surface area contributed by atoms with E-state index in [1.54, 1.807) is 0 Å². The maximum Gasteiger partial charge on any atom is 0.0949 e. The minimum atomic E-state index is 0.270. The molecule has 2 N–H and O–H groups in total. The summed E-state index contributed by atoms with van der Waals surface area (Å²) in [5.74, 6) is 0.372. The Hall–Kier alpha value is -1.14. The van der Waals surface area contributed by atoms with Gasteiger partial charge in [0.1, 0.15) is 0 Å². The molecule has 0 bridgehead atoms. The highest BCUT2D eigenvalue weighted by Crippen LogP contribution is 2.47. The van der Waals surface area contributed by atoms with Gasteiger partial charge in [-0.2, -0.15) is 0 Å². The molecule has 0 aliphatic carbocycles. The third kappa shape index (κ3) is 2.47. The van der Waals surface area contributed by atoms with Crippen LogP contribution in [0.3, 0.4) is 0 Å². The monoisotopic (exact) mass is 328 g/mol. The highest BCUT2D eigenvalue weighted by Gasteiger charge is 2.47. The van der Waals surface area contributed by atoms with Gasteiger partial charge in [-0.05, 0) is 38.2 Å². The van der Waals surface area contributed by atoms with E-state index in [2.05, 4.69) is 67.7 Å². The third-order valence-corrected chi connectivity index (χ3v) is 6.67. The van der Waals surface area contributed by atoms with Crippen LogP contribution in [0.5, 0.6) is 0 Å². The average Bonchev–Trinajstić information content (AvgIpc) is 2.97. The maximum atomic E-state index is 5.05. The van der Waals surface area contributed by atoms with Crippen molar-refractivity contribution in [3.63, 3.8) is 0 Å². The number of fused-ring (bicyclic) bond motifs is 3. The topological polar surface area (TPSA) is 39.7 Å². The van der Waals surface area contributed by atoms with Crippen LogP contribution in [0.4, 0.5) is 0 Å². The number of allylic oxidation sites excluding steroid dienone is 1. The zero-order valence-corrected chi connectivity index (χ0v) is 14.9. The summed E-state index contributed by atoms with van der Waals surface area (Å²) in [5.41, 5.74) is 12.1. The molecule has 4 rings (SSSR count). The average molecular weight is 328 g/mol. The van der Waals surface area contributed by atoms with Crippen LogP contribution in [0.25, 0.3) is 0 Å². The molecule has 1 fully saturated rings. The Morgan fingerprint density at radius 2 is 1.87 bits per heavy atom. The highest BCUT2D eigenvalue weighted by molar-refractivity contribution is 8.03. The third-order valence-electron chi connectivity index (χ3n) is 5.24. The largest absolute Gasteiger partial charge is 0.285 e. The lowest BCUT2D eigenvalue weighted by atomic mass is 9.89. The van der Waals surface area contributed by atoms with Gasteiger partial charge in [-0.25, -0.2) is 10.9 Å². The van der Waals surface area contributed by atoms with Crippen molar-refractivity contribution in [2.75, 3.05) is 6.54 Å². The molecule has 4 nitrogen and oxygen atoms in total. The van der Waals surface area contributed by atoms with Crippen LogP contribution in [0.2, 0.25) is 0 Å². The van der Waals surface area contributed by atoms with Crippen LogP contribution >= 0.6 is 11.8 Å². The zero-order chi connectivity index (χ0) is 16.1. The van der Waals surface area contributed by atoms with E-state index in [4.69, 9.17) is 4.99 Å². The van der Waals surface area contributed by atoms with Crippen LogP contribution < -0.4 is 10.9 Å². The molecule has 0 saturated carbocycles. The van der Waals surface area contributed by atoms with Crippen LogP contribution in [-0.2, 0) is 0 Å². The molecule has 1 aromatic rings. The molecular weight excluding hydrogens is 304 g/mol. The van der Waals surface area contributed by atoms with Gasteiger partial charge in [-0.15, -0.1) is 11.8 Å². The summed E-state index contributed by atoms with van der Waals surface area (Å²) in [7, 11) is 0.